The molecule has 0 aliphatic carbocycles. The maximum atomic E-state index is 5.23. The Kier molecular flexibility index (Phi) is 3.30. The summed E-state index contributed by atoms with van der Waals surface area (Å²) in [5, 5.41) is 0. The van der Waals surface area contributed by atoms with E-state index in [1.807, 2.05) is 54.6 Å². The van der Waals surface area contributed by atoms with E-state index in [0.717, 1.165) is 16.9 Å². The molecular formula is C14H11BO. The standard InChI is InChI=1S/C14H11BO/c15-16-14-9-5-4-8-13(14)11-10-12-6-2-1-3-7-12/h1-9H,15H2. The first-order valence-corrected chi connectivity index (χ1v) is 5.10. The van der Waals surface area contributed by atoms with Crippen molar-refractivity contribution in [3.63, 3.8) is 0 Å². The Hall–Kier alpha value is -2.14. The molecule has 0 saturated carbocycles. The zero-order valence-electron chi connectivity index (χ0n) is 9.10. The van der Waals surface area contributed by atoms with Crippen LogP contribution < -0.4 is 4.65 Å². The van der Waals surface area contributed by atoms with Crippen LogP contribution in [0.15, 0.2) is 54.6 Å². The molecule has 0 unspecified atom stereocenters. The first-order chi connectivity index (χ1) is 7.90. The molecule has 0 aliphatic rings. The summed E-state index contributed by atoms with van der Waals surface area (Å²) < 4.78 is 5.23. The fraction of sp³-hybridized carbons (Fsp3) is 0. The highest BCUT2D eigenvalue weighted by molar-refractivity contribution is 6.00. The predicted molar refractivity (Wildman–Crippen MR) is 68.0 cm³/mol. The van der Waals surface area contributed by atoms with Crippen LogP contribution in [0.1, 0.15) is 11.1 Å². The van der Waals surface area contributed by atoms with Crippen LogP contribution in [0.25, 0.3) is 0 Å². The number of para-hydroxylation sites is 1. The third-order valence-corrected chi connectivity index (χ3v) is 2.22. The Bertz CT molecular complexity index is 523. The van der Waals surface area contributed by atoms with Crippen molar-refractivity contribution in [3.05, 3.63) is 65.7 Å². The van der Waals surface area contributed by atoms with Crippen molar-refractivity contribution in [2.24, 2.45) is 0 Å². The summed E-state index contributed by atoms with van der Waals surface area (Å²) in [6.07, 6.45) is 0. The normalized spacial score (nSPS) is 9.00. The van der Waals surface area contributed by atoms with Gasteiger partial charge in [0.05, 0.1) is 5.56 Å². The van der Waals surface area contributed by atoms with E-state index < -0.39 is 0 Å². The lowest BCUT2D eigenvalue weighted by Gasteiger charge is -2.01. The summed E-state index contributed by atoms with van der Waals surface area (Å²) in [7, 11) is 1.66. The molecule has 0 saturated heterocycles. The van der Waals surface area contributed by atoms with Crippen LogP contribution in [-0.4, -0.2) is 8.05 Å². The molecule has 2 heteroatoms. The Morgan fingerprint density at radius 3 is 2.25 bits per heavy atom. The molecule has 0 spiro atoms. The smallest absolute Gasteiger partial charge is 0.322 e. The van der Waals surface area contributed by atoms with Gasteiger partial charge in [0.1, 0.15) is 5.75 Å². The van der Waals surface area contributed by atoms with Crippen LogP contribution >= 0.6 is 0 Å². The molecule has 2 aromatic carbocycles. The highest BCUT2D eigenvalue weighted by atomic mass is 16.4. The Morgan fingerprint density at radius 1 is 0.812 bits per heavy atom. The predicted octanol–water partition coefficient (Wildman–Crippen LogP) is 2.01. The average molecular weight is 206 g/mol. The molecule has 0 amide bonds. The molecule has 0 bridgehead atoms. The van der Waals surface area contributed by atoms with E-state index in [1.54, 1.807) is 8.05 Å². The van der Waals surface area contributed by atoms with Crippen molar-refractivity contribution >= 4 is 8.05 Å². The summed E-state index contributed by atoms with van der Waals surface area (Å²) in [5.41, 5.74) is 1.92. The molecule has 0 aliphatic heterocycles. The van der Waals surface area contributed by atoms with Crippen LogP contribution in [-0.2, 0) is 0 Å². The van der Waals surface area contributed by atoms with Gasteiger partial charge in [0.25, 0.3) is 0 Å². The van der Waals surface area contributed by atoms with E-state index in [-0.39, 0.29) is 0 Å². The van der Waals surface area contributed by atoms with Crippen LogP contribution in [0, 0.1) is 11.8 Å². The molecule has 0 atom stereocenters. The topological polar surface area (TPSA) is 9.23 Å². The third-order valence-electron chi connectivity index (χ3n) is 2.22. The highest BCUT2D eigenvalue weighted by Gasteiger charge is 1.95. The van der Waals surface area contributed by atoms with E-state index in [1.165, 1.54) is 0 Å². The van der Waals surface area contributed by atoms with Crippen LogP contribution in [0.3, 0.4) is 0 Å². The zero-order chi connectivity index (χ0) is 11.2. The number of rotatable bonds is 1. The van der Waals surface area contributed by atoms with Crippen molar-refractivity contribution in [3.8, 4) is 17.6 Å². The van der Waals surface area contributed by atoms with Gasteiger partial charge < -0.3 is 4.65 Å². The van der Waals surface area contributed by atoms with Crippen molar-refractivity contribution < 1.29 is 4.65 Å². The molecule has 16 heavy (non-hydrogen) atoms. The fourth-order valence-electron chi connectivity index (χ4n) is 1.41. The number of hydrogen-bond donors (Lipinski definition) is 0. The second kappa shape index (κ2) is 5.09. The largest absolute Gasteiger partial charge is 0.567 e. The van der Waals surface area contributed by atoms with E-state index >= 15 is 0 Å². The molecule has 1 nitrogen and oxygen atoms in total. The highest BCUT2D eigenvalue weighted by Crippen LogP contribution is 2.15. The Balaban J connectivity index is 2.31. The summed E-state index contributed by atoms with van der Waals surface area (Å²) in [5.74, 6) is 7.02. The van der Waals surface area contributed by atoms with Crippen LogP contribution in [0.5, 0.6) is 5.75 Å². The Morgan fingerprint density at radius 2 is 1.50 bits per heavy atom. The van der Waals surface area contributed by atoms with Crippen LogP contribution in [0.2, 0.25) is 0 Å². The van der Waals surface area contributed by atoms with E-state index in [4.69, 9.17) is 4.65 Å². The van der Waals surface area contributed by atoms with Crippen molar-refractivity contribution in [1.82, 2.24) is 0 Å². The third kappa shape index (κ3) is 2.46. The molecule has 2 rings (SSSR count). The zero-order valence-corrected chi connectivity index (χ0v) is 9.10. The summed E-state index contributed by atoms with van der Waals surface area (Å²) >= 11 is 0. The van der Waals surface area contributed by atoms with Gasteiger partial charge in [-0.05, 0) is 24.3 Å². The number of hydrogen-bond acceptors (Lipinski definition) is 1. The van der Waals surface area contributed by atoms with Gasteiger partial charge in [0, 0.05) is 5.56 Å². The monoisotopic (exact) mass is 206 g/mol. The number of benzene rings is 2. The van der Waals surface area contributed by atoms with E-state index in [0.29, 0.717) is 0 Å². The van der Waals surface area contributed by atoms with Gasteiger partial charge in [0.15, 0.2) is 0 Å². The Labute approximate surface area is 96.5 Å². The van der Waals surface area contributed by atoms with E-state index in [9.17, 15) is 0 Å². The van der Waals surface area contributed by atoms with Gasteiger partial charge in [-0.15, -0.1) is 0 Å². The molecule has 76 valence electrons. The second-order valence-corrected chi connectivity index (χ2v) is 3.32. The molecule has 0 radical (unpaired) electrons. The fourth-order valence-corrected chi connectivity index (χ4v) is 1.41. The van der Waals surface area contributed by atoms with Gasteiger partial charge >= 0.3 is 8.05 Å². The maximum Gasteiger partial charge on any atom is 0.322 e. The van der Waals surface area contributed by atoms with Crippen molar-refractivity contribution in [2.75, 3.05) is 0 Å². The lowest BCUT2D eigenvalue weighted by Crippen LogP contribution is -1.88. The minimum absolute atomic E-state index is 0.811. The van der Waals surface area contributed by atoms with Gasteiger partial charge in [0.2, 0.25) is 0 Å². The van der Waals surface area contributed by atoms with Crippen LogP contribution in [0.4, 0.5) is 0 Å². The summed E-state index contributed by atoms with van der Waals surface area (Å²) in [4.78, 5) is 0. The van der Waals surface area contributed by atoms with Crippen molar-refractivity contribution in [2.45, 2.75) is 0 Å². The SMILES string of the molecule is BOc1ccccc1C#Cc1ccccc1. The second-order valence-electron chi connectivity index (χ2n) is 3.32. The van der Waals surface area contributed by atoms with Gasteiger partial charge in [-0.1, -0.05) is 42.2 Å². The lowest BCUT2D eigenvalue weighted by atomic mass is 10.1. The first kappa shape index (κ1) is 10.4. The molecule has 0 N–H and O–H groups in total. The summed E-state index contributed by atoms with van der Waals surface area (Å²) in [6, 6.07) is 17.7. The lowest BCUT2D eigenvalue weighted by molar-refractivity contribution is 0.614. The molecule has 0 fully saturated rings. The van der Waals surface area contributed by atoms with Gasteiger partial charge in [-0.3, -0.25) is 0 Å². The van der Waals surface area contributed by atoms with E-state index in [2.05, 4.69) is 11.8 Å². The molecule has 2 aromatic rings. The quantitative estimate of drug-likeness (QED) is 0.512. The summed E-state index contributed by atoms with van der Waals surface area (Å²) in [6.45, 7) is 0. The minimum atomic E-state index is 0.811. The van der Waals surface area contributed by atoms with Gasteiger partial charge in [-0.25, -0.2) is 0 Å². The minimum Gasteiger partial charge on any atom is -0.567 e. The van der Waals surface area contributed by atoms with Crippen molar-refractivity contribution in [1.29, 1.82) is 0 Å². The maximum absolute atomic E-state index is 5.23. The average Bonchev–Trinajstić information content (AvgIpc) is 2.38. The molecular weight excluding hydrogens is 195 g/mol. The first-order valence-electron chi connectivity index (χ1n) is 5.10. The van der Waals surface area contributed by atoms with Gasteiger partial charge in [-0.2, -0.15) is 0 Å². The molecule has 0 aromatic heterocycles. The molecule has 0 heterocycles.